The van der Waals surface area contributed by atoms with Crippen LogP contribution < -0.4 is 9.21 Å². The highest BCUT2D eigenvalue weighted by molar-refractivity contribution is 7.92. The first kappa shape index (κ1) is 24.9. The van der Waals surface area contributed by atoms with Crippen LogP contribution in [0.15, 0.2) is 48.5 Å². The van der Waals surface area contributed by atoms with Crippen molar-refractivity contribution in [3.05, 3.63) is 59.9 Å². The van der Waals surface area contributed by atoms with Gasteiger partial charge in [0.2, 0.25) is 15.9 Å². The summed E-state index contributed by atoms with van der Waals surface area (Å²) in [6.45, 7) is 3.67. The largest absolute Gasteiger partial charge is 0.378 e. The van der Waals surface area contributed by atoms with Crippen molar-refractivity contribution >= 4 is 33.2 Å². The second-order valence-electron chi connectivity index (χ2n) is 8.57. The Bertz CT molecular complexity index is 1140. The lowest BCUT2D eigenvalue weighted by Gasteiger charge is -2.37. The molecule has 4 rings (SSSR count). The third kappa shape index (κ3) is 6.09. The van der Waals surface area contributed by atoms with Gasteiger partial charge in [0.15, 0.2) is 0 Å². The average Bonchev–Trinajstić information content (AvgIpc) is 2.87. The summed E-state index contributed by atoms with van der Waals surface area (Å²) >= 11 is 0. The Kier molecular flexibility index (Phi) is 7.56. The summed E-state index contributed by atoms with van der Waals surface area (Å²) in [5.74, 6) is -0.745. The minimum Gasteiger partial charge on any atom is -0.378 e. The monoisotopic (exact) mass is 504 g/mol. The molecule has 2 fully saturated rings. The Morgan fingerprint density at radius 2 is 1.49 bits per heavy atom. The summed E-state index contributed by atoms with van der Waals surface area (Å²) in [6.07, 6.45) is 1.06. The van der Waals surface area contributed by atoms with Crippen molar-refractivity contribution in [2.24, 2.45) is 0 Å². The number of benzene rings is 2. The number of carbonyl (C=O) groups excluding carboxylic acids is 2. The number of halogens is 1. The van der Waals surface area contributed by atoms with Gasteiger partial charge < -0.3 is 19.4 Å². The van der Waals surface area contributed by atoms with Crippen molar-refractivity contribution in [2.75, 3.05) is 74.5 Å². The predicted molar refractivity (Wildman–Crippen MR) is 131 cm³/mol. The number of nitrogens with zero attached hydrogens (tertiary/aromatic N) is 4. The number of ether oxygens (including phenoxy) is 1. The Hall–Kier alpha value is -3.18. The summed E-state index contributed by atoms with van der Waals surface area (Å²) in [7, 11) is -3.74. The van der Waals surface area contributed by atoms with E-state index in [0.29, 0.717) is 63.7 Å². The molecule has 0 unspecified atom stereocenters. The molecule has 0 spiro atoms. The molecule has 2 aliphatic rings. The van der Waals surface area contributed by atoms with Crippen molar-refractivity contribution in [1.29, 1.82) is 0 Å². The summed E-state index contributed by atoms with van der Waals surface area (Å²) in [5, 5.41) is 0. The quantitative estimate of drug-likeness (QED) is 0.591. The van der Waals surface area contributed by atoms with Gasteiger partial charge in [-0.05, 0) is 48.5 Å². The van der Waals surface area contributed by atoms with Gasteiger partial charge >= 0.3 is 0 Å². The van der Waals surface area contributed by atoms with E-state index >= 15 is 0 Å². The van der Waals surface area contributed by atoms with E-state index in [1.807, 2.05) is 0 Å². The molecule has 2 amide bonds. The summed E-state index contributed by atoms with van der Waals surface area (Å²) in [6, 6.07) is 12.5. The molecule has 9 nitrogen and oxygen atoms in total. The van der Waals surface area contributed by atoms with Gasteiger partial charge in [-0.3, -0.25) is 13.9 Å². The van der Waals surface area contributed by atoms with Crippen LogP contribution in [0.5, 0.6) is 0 Å². The molecule has 0 aromatic heterocycles. The van der Waals surface area contributed by atoms with E-state index in [9.17, 15) is 22.4 Å². The van der Waals surface area contributed by atoms with Crippen LogP contribution in [-0.2, 0) is 19.6 Å². The van der Waals surface area contributed by atoms with Gasteiger partial charge in [-0.15, -0.1) is 0 Å². The number of sulfonamides is 1. The topological polar surface area (TPSA) is 90.5 Å². The number of amides is 2. The molecule has 11 heteroatoms. The van der Waals surface area contributed by atoms with Gasteiger partial charge in [-0.1, -0.05) is 0 Å². The fourth-order valence-electron chi connectivity index (χ4n) is 4.21. The second-order valence-corrected chi connectivity index (χ2v) is 10.5. The molecule has 0 saturated carbocycles. The molecule has 188 valence electrons. The number of morpholine rings is 1. The van der Waals surface area contributed by atoms with E-state index in [2.05, 4.69) is 4.90 Å². The predicted octanol–water partition coefficient (Wildman–Crippen LogP) is 1.41. The Labute approximate surface area is 204 Å². The number of hydrogen-bond donors (Lipinski definition) is 0. The van der Waals surface area contributed by atoms with Gasteiger partial charge in [0.05, 0.1) is 25.2 Å². The number of anilines is 2. The third-order valence-corrected chi connectivity index (χ3v) is 7.34. The van der Waals surface area contributed by atoms with Gasteiger partial charge in [0.25, 0.3) is 5.91 Å². The summed E-state index contributed by atoms with van der Waals surface area (Å²) in [4.78, 5) is 31.0. The van der Waals surface area contributed by atoms with Crippen LogP contribution >= 0.6 is 0 Å². The highest BCUT2D eigenvalue weighted by atomic mass is 32.2. The van der Waals surface area contributed by atoms with Crippen LogP contribution in [0.2, 0.25) is 0 Å². The minimum atomic E-state index is -3.74. The van der Waals surface area contributed by atoms with E-state index < -0.39 is 10.0 Å². The van der Waals surface area contributed by atoms with E-state index in [4.69, 9.17) is 4.74 Å². The molecule has 2 aromatic carbocycles. The Balaban J connectivity index is 1.39. The first-order valence-electron chi connectivity index (χ1n) is 11.5. The molecule has 0 atom stereocenters. The second kappa shape index (κ2) is 10.6. The molecular formula is C24H29FN4O5S. The maximum Gasteiger partial charge on any atom is 0.254 e. The summed E-state index contributed by atoms with van der Waals surface area (Å²) in [5.41, 5.74) is 1.65. The molecule has 0 N–H and O–H groups in total. The van der Waals surface area contributed by atoms with Crippen molar-refractivity contribution in [3.63, 3.8) is 0 Å². The van der Waals surface area contributed by atoms with E-state index in [-0.39, 0.29) is 24.2 Å². The molecule has 2 aromatic rings. The smallest absolute Gasteiger partial charge is 0.254 e. The van der Waals surface area contributed by atoms with E-state index in [1.165, 1.54) is 12.1 Å². The maximum absolute atomic E-state index is 13.2. The van der Waals surface area contributed by atoms with Crippen LogP contribution in [-0.4, -0.2) is 95.3 Å². The SMILES string of the molecule is CS(=O)(=O)N(CC(=O)N1CCN(c2ccc(F)cc2)CC1)c1ccc(C(=O)N2CCOCC2)cc1. The number of rotatable bonds is 6. The van der Waals surface area contributed by atoms with Crippen LogP contribution in [0.1, 0.15) is 10.4 Å². The molecule has 0 radical (unpaired) electrons. The number of carbonyl (C=O) groups is 2. The first-order chi connectivity index (χ1) is 16.7. The summed E-state index contributed by atoms with van der Waals surface area (Å²) < 4.78 is 44.5. The first-order valence-corrected chi connectivity index (χ1v) is 13.3. The van der Waals surface area contributed by atoms with Gasteiger partial charge in [0, 0.05) is 50.5 Å². The zero-order chi connectivity index (χ0) is 25.0. The average molecular weight is 505 g/mol. The van der Waals surface area contributed by atoms with Crippen molar-refractivity contribution in [1.82, 2.24) is 9.80 Å². The van der Waals surface area contributed by atoms with Gasteiger partial charge in [-0.25, -0.2) is 12.8 Å². The maximum atomic E-state index is 13.2. The zero-order valence-electron chi connectivity index (χ0n) is 19.6. The number of hydrogen-bond acceptors (Lipinski definition) is 6. The molecule has 2 aliphatic heterocycles. The molecule has 2 heterocycles. The lowest BCUT2D eigenvalue weighted by Crippen LogP contribution is -2.52. The minimum absolute atomic E-state index is 0.138. The lowest BCUT2D eigenvalue weighted by molar-refractivity contribution is -0.129. The zero-order valence-corrected chi connectivity index (χ0v) is 20.4. The standard InChI is InChI=1S/C24H29FN4O5S/c1-35(32,33)29(22-6-2-19(3-7-22)24(31)28-14-16-34-17-15-28)18-23(30)27-12-10-26(11-13-27)21-8-4-20(25)5-9-21/h2-9H,10-18H2,1H3. The van der Waals surface area contributed by atoms with E-state index in [1.54, 1.807) is 46.2 Å². The van der Waals surface area contributed by atoms with Crippen molar-refractivity contribution < 1.29 is 27.1 Å². The molecule has 0 bridgehead atoms. The highest BCUT2D eigenvalue weighted by Gasteiger charge is 2.27. The van der Waals surface area contributed by atoms with Crippen molar-refractivity contribution in [2.45, 2.75) is 0 Å². The third-order valence-electron chi connectivity index (χ3n) is 6.20. The Morgan fingerprint density at radius 1 is 0.886 bits per heavy atom. The molecule has 2 saturated heterocycles. The molecule has 0 aliphatic carbocycles. The molecule has 35 heavy (non-hydrogen) atoms. The fraction of sp³-hybridized carbons (Fsp3) is 0.417. The Morgan fingerprint density at radius 3 is 2.06 bits per heavy atom. The van der Waals surface area contributed by atoms with Crippen LogP contribution in [0, 0.1) is 5.82 Å². The van der Waals surface area contributed by atoms with Crippen molar-refractivity contribution in [3.8, 4) is 0 Å². The fourth-order valence-corrected chi connectivity index (χ4v) is 5.06. The molecular weight excluding hydrogens is 475 g/mol. The van der Waals surface area contributed by atoms with Gasteiger partial charge in [0.1, 0.15) is 12.4 Å². The lowest BCUT2D eigenvalue weighted by atomic mass is 10.1. The van der Waals surface area contributed by atoms with Gasteiger partial charge in [-0.2, -0.15) is 0 Å². The number of piperazine rings is 1. The van der Waals surface area contributed by atoms with Crippen LogP contribution in [0.3, 0.4) is 0 Å². The van der Waals surface area contributed by atoms with E-state index in [0.717, 1.165) is 16.2 Å². The highest BCUT2D eigenvalue weighted by Crippen LogP contribution is 2.21. The normalized spacial score (nSPS) is 16.8. The van der Waals surface area contributed by atoms with Crippen LogP contribution in [0.25, 0.3) is 0 Å². The van der Waals surface area contributed by atoms with Crippen LogP contribution in [0.4, 0.5) is 15.8 Å².